The van der Waals surface area contributed by atoms with Crippen molar-refractivity contribution in [2.75, 3.05) is 25.5 Å². The number of aryl methyl sites for hydroxylation is 1. The lowest BCUT2D eigenvalue weighted by atomic mass is 9.96. The van der Waals surface area contributed by atoms with Crippen LogP contribution in [0.4, 0.5) is 10.5 Å². The van der Waals surface area contributed by atoms with Crippen molar-refractivity contribution < 1.29 is 9.59 Å². The molecule has 2 N–H and O–H groups in total. The van der Waals surface area contributed by atoms with Crippen LogP contribution >= 0.6 is 15.9 Å². The van der Waals surface area contributed by atoms with Crippen LogP contribution in [0.3, 0.4) is 0 Å². The third-order valence-corrected chi connectivity index (χ3v) is 4.70. The van der Waals surface area contributed by atoms with Crippen LogP contribution in [0.15, 0.2) is 22.7 Å². The number of nitrogens with one attached hydrogen (secondary N) is 2. The third kappa shape index (κ3) is 3.97. The van der Waals surface area contributed by atoms with Gasteiger partial charge in [-0.3, -0.25) is 4.79 Å². The lowest BCUT2D eigenvalue weighted by molar-refractivity contribution is -0.125. The normalized spacial score (nSPS) is 15.7. The van der Waals surface area contributed by atoms with E-state index in [-0.39, 0.29) is 17.9 Å². The molecule has 114 valence electrons. The first-order chi connectivity index (χ1) is 10.0. The number of halogens is 1. The standard InChI is InChI=1S/C15H20BrN3O2/c1-10-9-12(3-4-13(10)16)18-15(21)19-7-5-11(6-8-19)14(20)17-2/h3-4,9,11H,5-8H2,1-2H3,(H,17,20)(H,18,21). The zero-order valence-corrected chi connectivity index (χ0v) is 13.9. The minimum absolute atomic E-state index is 0.0222. The Morgan fingerprint density at radius 1 is 1.29 bits per heavy atom. The van der Waals surface area contributed by atoms with Gasteiger partial charge in [0.2, 0.25) is 5.91 Å². The Morgan fingerprint density at radius 2 is 1.95 bits per heavy atom. The van der Waals surface area contributed by atoms with Crippen LogP contribution in [-0.2, 0) is 4.79 Å². The van der Waals surface area contributed by atoms with Crippen molar-refractivity contribution in [3.63, 3.8) is 0 Å². The number of likely N-dealkylation sites (tertiary alicyclic amines) is 1. The molecule has 0 radical (unpaired) electrons. The topological polar surface area (TPSA) is 61.4 Å². The van der Waals surface area contributed by atoms with E-state index in [1.165, 1.54) is 0 Å². The number of rotatable bonds is 2. The van der Waals surface area contributed by atoms with Crippen LogP contribution in [0.5, 0.6) is 0 Å². The molecule has 0 bridgehead atoms. The van der Waals surface area contributed by atoms with E-state index in [1.807, 2.05) is 25.1 Å². The van der Waals surface area contributed by atoms with E-state index in [0.717, 1.165) is 15.7 Å². The monoisotopic (exact) mass is 353 g/mol. The van der Waals surface area contributed by atoms with Gasteiger partial charge in [0, 0.05) is 36.2 Å². The molecule has 0 aliphatic carbocycles. The van der Waals surface area contributed by atoms with Crippen LogP contribution in [0.1, 0.15) is 18.4 Å². The fourth-order valence-corrected chi connectivity index (χ4v) is 2.72. The van der Waals surface area contributed by atoms with Crippen molar-refractivity contribution in [2.45, 2.75) is 19.8 Å². The number of carbonyl (C=O) groups is 2. The van der Waals surface area contributed by atoms with Crippen LogP contribution in [0, 0.1) is 12.8 Å². The largest absolute Gasteiger partial charge is 0.359 e. The number of hydrogen-bond acceptors (Lipinski definition) is 2. The third-order valence-electron chi connectivity index (χ3n) is 3.81. The maximum atomic E-state index is 12.2. The average molecular weight is 354 g/mol. The van der Waals surface area contributed by atoms with Gasteiger partial charge in [-0.1, -0.05) is 15.9 Å². The molecular weight excluding hydrogens is 334 g/mol. The van der Waals surface area contributed by atoms with Gasteiger partial charge in [-0.2, -0.15) is 0 Å². The van der Waals surface area contributed by atoms with Crippen LogP contribution in [-0.4, -0.2) is 37.0 Å². The van der Waals surface area contributed by atoms with Gasteiger partial charge in [0.1, 0.15) is 0 Å². The maximum Gasteiger partial charge on any atom is 0.321 e. The van der Waals surface area contributed by atoms with Gasteiger partial charge in [0.25, 0.3) is 0 Å². The summed E-state index contributed by atoms with van der Waals surface area (Å²) in [7, 11) is 1.65. The molecule has 1 saturated heterocycles. The lowest BCUT2D eigenvalue weighted by Gasteiger charge is -2.31. The second kappa shape index (κ2) is 6.93. The van der Waals surface area contributed by atoms with Crippen molar-refractivity contribution in [3.8, 4) is 0 Å². The highest BCUT2D eigenvalue weighted by Gasteiger charge is 2.26. The zero-order valence-electron chi connectivity index (χ0n) is 12.3. The van der Waals surface area contributed by atoms with Gasteiger partial charge in [0.05, 0.1) is 0 Å². The smallest absolute Gasteiger partial charge is 0.321 e. The Kier molecular flexibility index (Phi) is 5.22. The first-order valence-corrected chi connectivity index (χ1v) is 7.84. The van der Waals surface area contributed by atoms with E-state index < -0.39 is 0 Å². The number of nitrogens with zero attached hydrogens (tertiary/aromatic N) is 1. The van der Waals surface area contributed by atoms with Crippen molar-refractivity contribution in [1.29, 1.82) is 0 Å². The molecule has 6 heteroatoms. The highest BCUT2D eigenvalue weighted by molar-refractivity contribution is 9.10. The summed E-state index contributed by atoms with van der Waals surface area (Å²) in [6.45, 7) is 3.20. The number of benzene rings is 1. The van der Waals surface area contributed by atoms with Crippen LogP contribution in [0.2, 0.25) is 0 Å². The second-order valence-corrected chi connectivity index (χ2v) is 6.12. The predicted molar refractivity (Wildman–Crippen MR) is 86.3 cm³/mol. The minimum atomic E-state index is -0.105. The highest BCUT2D eigenvalue weighted by Crippen LogP contribution is 2.21. The first-order valence-electron chi connectivity index (χ1n) is 7.05. The molecule has 1 fully saturated rings. The molecule has 1 aliphatic rings. The Balaban J connectivity index is 1.90. The van der Waals surface area contributed by atoms with Crippen LogP contribution < -0.4 is 10.6 Å². The molecule has 1 aromatic carbocycles. The molecule has 0 unspecified atom stereocenters. The maximum absolute atomic E-state index is 12.2. The summed E-state index contributed by atoms with van der Waals surface area (Å²) in [6.07, 6.45) is 1.43. The second-order valence-electron chi connectivity index (χ2n) is 5.27. The Morgan fingerprint density at radius 3 is 2.52 bits per heavy atom. The summed E-state index contributed by atoms with van der Waals surface area (Å²) in [5.41, 5.74) is 1.86. The number of urea groups is 1. The van der Waals surface area contributed by atoms with Crippen molar-refractivity contribution in [1.82, 2.24) is 10.2 Å². The molecule has 3 amide bonds. The molecule has 1 heterocycles. The molecule has 0 spiro atoms. The molecule has 2 rings (SSSR count). The highest BCUT2D eigenvalue weighted by atomic mass is 79.9. The first kappa shape index (κ1) is 15.8. The van der Waals surface area contributed by atoms with E-state index in [2.05, 4.69) is 26.6 Å². The summed E-state index contributed by atoms with van der Waals surface area (Å²) in [5, 5.41) is 5.57. The predicted octanol–water partition coefficient (Wildman–Crippen LogP) is 2.75. The van der Waals surface area contributed by atoms with Gasteiger partial charge in [-0.25, -0.2) is 4.79 Å². The summed E-state index contributed by atoms with van der Waals surface area (Å²) in [4.78, 5) is 25.5. The summed E-state index contributed by atoms with van der Waals surface area (Å²) < 4.78 is 1.02. The zero-order chi connectivity index (χ0) is 15.4. The van der Waals surface area contributed by atoms with E-state index in [9.17, 15) is 9.59 Å². The van der Waals surface area contributed by atoms with E-state index in [0.29, 0.717) is 25.9 Å². The van der Waals surface area contributed by atoms with Gasteiger partial charge in [0.15, 0.2) is 0 Å². The Labute approximate surface area is 133 Å². The number of amides is 3. The molecule has 0 aromatic heterocycles. The van der Waals surface area contributed by atoms with Crippen LogP contribution in [0.25, 0.3) is 0 Å². The molecular formula is C15H20BrN3O2. The number of hydrogen-bond donors (Lipinski definition) is 2. The average Bonchev–Trinajstić information content (AvgIpc) is 2.50. The molecule has 21 heavy (non-hydrogen) atoms. The van der Waals surface area contributed by atoms with Gasteiger partial charge in [-0.05, 0) is 43.5 Å². The Hall–Kier alpha value is -1.56. The van der Waals surface area contributed by atoms with Crippen molar-refractivity contribution >= 4 is 33.6 Å². The number of carbonyl (C=O) groups excluding carboxylic acids is 2. The van der Waals surface area contributed by atoms with E-state index in [4.69, 9.17) is 0 Å². The molecule has 1 aliphatic heterocycles. The van der Waals surface area contributed by atoms with Crippen molar-refractivity contribution in [3.05, 3.63) is 28.2 Å². The van der Waals surface area contributed by atoms with Gasteiger partial charge in [-0.15, -0.1) is 0 Å². The lowest BCUT2D eigenvalue weighted by Crippen LogP contribution is -2.44. The fourth-order valence-electron chi connectivity index (χ4n) is 2.47. The molecule has 0 saturated carbocycles. The molecule has 1 aromatic rings. The Bertz CT molecular complexity index is 540. The summed E-state index contributed by atoms with van der Waals surface area (Å²) in [5.74, 6) is 0.0903. The molecule has 0 atom stereocenters. The molecule has 5 nitrogen and oxygen atoms in total. The summed E-state index contributed by atoms with van der Waals surface area (Å²) >= 11 is 3.44. The van der Waals surface area contributed by atoms with Gasteiger partial charge >= 0.3 is 6.03 Å². The van der Waals surface area contributed by atoms with Crippen molar-refractivity contribution in [2.24, 2.45) is 5.92 Å². The fraction of sp³-hybridized carbons (Fsp3) is 0.467. The SMILES string of the molecule is CNC(=O)C1CCN(C(=O)Nc2ccc(Br)c(C)c2)CC1. The number of anilines is 1. The quantitative estimate of drug-likeness (QED) is 0.858. The van der Waals surface area contributed by atoms with Gasteiger partial charge < -0.3 is 15.5 Å². The minimum Gasteiger partial charge on any atom is -0.359 e. The number of piperidine rings is 1. The van der Waals surface area contributed by atoms with E-state index >= 15 is 0 Å². The summed E-state index contributed by atoms with van der Waals surface area (Å²) in [6, 6.07) is 5.61. The van der Waals surface area contributed by atoms with E-state index in [1.54, 1.807) is 11.9 Å².